The van der Waals surface area contributed by atoms with Crippen LogP contribution in [0.3, 0.4) is 0 Å². The van der Waals surface area contributed by atoms with E-state index in [9.17, 15) is 9.59 Å². The molecule has 82 valence electrons. The van der Waals surface area contributed by atoms with Gasteiger partial charge in [0.15, 0.2) is 0 Å². The summed E-state index contributed by atoms with van der Waals surface area (Å²) in [5, 5.41) is 13.0. The van der Waals surface area contributed by atoms with Crippen LogP contribution in [-0.4, -0.2) is 20.9 Å². The van der Waals surface area contributed by atoms with Crippen LogP contribution in [0.15, 0.2) is 4.79 Å². The molecule has 5 heteroatoms. The molecular weight excluding hydrogens is 196 g/mol. The number of hydrogen-bond acceptors (Lipinski definition) is 3. The van der Waals surface area contributed by atoms with Crippen molar-refractivity contribution >= 4 is 5.97 Å². The van der Waals surface area contributed by atoms with Gasteiger partial charge >= 0.3 is 5.97 Å². The second kappa shape index (κ2) is 4.25. The van der Waals surface area contributed by atoms with Crippen LogP contribution in [0.1, 0.15) is 35.0 Å². The van der Waals surface area contributed by atoms with Crippen LogP contribution in [0, 0.1) is 13.8 Å². The average molecular weight is 210 g/mol. The van der Waals surface area contributed by atoms with Crippen molar-refractivity contribution < 1.29 is 9.90 Å². The molecule has 1 rings (SSSR count). The molecular formula is C10H14N2O3. The molecule has 5 nitrogen and oxygen atoms in total. The largest absolute Gasteiger partial charge is 0.477 e. The Labute approximate surface area is 87.4 Å². The molecule has 0 bridgehead atoms. The number of carboxylic acid groups (broad SMARTS) is 1. The first kappa shape index (κ1) is 11.4. The van der Waals surface area contributed by atoms with Crippen LogP contribution in [-0.2, 0) is 6.54 Å². The first-order valence-electron chi connectivity index (χ1n) is 4.80. The second-order valence-electron chi connectivity index (χ2n) is 3.42. The van der Waals surface area contributed by atoms with Gasteiger partial charge in [-0.15, -0.1) is 0 Å². The van der Waals surface area contributed by atoms with E-state index in [1.807, 2.05) is 6.92 Å². The maximum Gasteiger partial charge on any atom is 0.341 e. The van der Waals surface area contributed by atoms with Crippen LogP contribution in [0.5, 0.6) is 0 Å². The Morgan fingerprint density at radius 3 is 2.53 bits per heavy atom. The van der Waals surface area contributed by atoms with Crippen molar-refractivity contribution in [3.63, 3.8) is 0 Å². The van der Waals surface area contributed by atoms with Gasteiger partial charge in [0.1, 0.15) is 5.56 Å². The smallest absolute Gasteiger partial charge is 0.341 e. The van der Waals surface area contributed by atoms with Crippen LogP contribution < -0.4 is 5.56 Å². The lowest BCUT2D eigenvalue weighted by Gasteiger charge is -2.08. The zero-order chi connectivity index (χ0) is 11.6. The maximum absolute atomic E-state index is 11.7. The number of aromatic carboxylic acids is 1. The van der Waals surface area contributed by atoms with E-state index < -0.39 is 11.5 Å². The maximum atomic E-state index is 11.7. The fourth-order valence-electron chi connectivity index (χ4n) is 1.39. The molecule has 0 saturated heterocycles. The van der Waals surface area contributed by atoms with Crippen molar-refractivity contribution in [1.82, 2.24) is 9.78 Å². The molecule has 0 amide bonds. The lowest BCUT2D eigenvalue weighted by Crippen LogP contribution is -2.30. The lowest BCUT2D eigenvalue weighted by molar-refractivity contribution is 0.0692. The van der Waals surface area contributed by atoms with Crippen LogP contribution in [0.25, 0.3) is 0 Å². The standard InChI is InChI=1S/C10H14N2O3/c1-4-5-12-9(13)8(10(14)15)6(2)7(3)11-12/h4-5H2,1-3H3,(H,14,15). The van der Waals surface area contributed by atoms with E-state index in [-0.39, 0.29) is 5.56 Å². The van der Waals surface area contributed by atoms with Gasteiger partial charge in [-0.2, -0.15) is 5.10 Å². The Kier molecular flexibility index (Phi) is 3.24. The first-order chi connectivity index (χ1) is 6.99. The molecule has 1 aromatic heterocycles. The van der Waals surface area contributed by atoms with E-state index >= 15 is 0 Å². The SMILES string of the molecule is CCCn1nc(C)c(C)c(C(=O)O)c1=O. The summed E-state index contributed by atoms with van der Waals surface area (Å²) in [5.41, 5.74) is 0.337. The molecule has 0 aliphatic heterocycles. The minimum Gasteiger partial charge on any atom is -0.477 e. The molecule has 0 fully saturated rings. The fourth-order valence-corrected chi connectivity index (χ4v) is 1.39. The van der Waals surface area contributed by atoms with Gasteiger partial charge < -0.3 is 5.11 Å². The zero-order valence-corrected chi connectivity index (χ0v) is 9.07. The lowest BCUT2D eigenvalue weighted by atomic mass is 10.1. The normalized spacial score (nSPS) is 10.3. The molecule has 0 aromatic carbocycles. The summed E-state index contributed by atoms with van der Waals surface area (Å²) in [6, 6.07) is 0. The van der Waals surface area contributed by atoms with Crippen LogP contribution in [0.4, 0.5) is 0 Å². The monoisotopic (exact) mass is 210 g/mol. The number of rotatable bonds is 3. The van der Waals surface area contributed by atoms with Crippen molar-refractivity contribution in [2.24, 2.45) is 0 Å². The Morgan fingerprint density at radius 1 is 1.47 bits per heavy atom. The van der Waals surface area contributed by atoms with Gasteiger partial charge in [-0.1, -0.05) is 6.92 Å². The molecule has 15 heavy (non-hydrogen) atoms. The van der Waals surface area contributed by atoms with Gasteiger partial charge in [0, 0.05) is 6.54 Å². The van der Waals surface area contributed by atoms with Gasteiger partial charge in [-0.25, -0.2) is 9.48 Å². The Morgan fingerprint density at radius 2 is 2.07 bits per heavy atom. The average Bonchev–Trinajstić information content (AvgIpc) is 2.14. The molecule has 1 heterocycles. The van der Waals surface area contributed by atoms with Crippen molar-refractivity contribution in [2.45, 2.75) is 33.7 Å². The Balaban J connectivity index is 3.49. The van der Waals surface area contributed by atoms with Crippen LogP contribution >= 0.6 is 0 Å². The molecule has 0 aliphatic rings. The van der Waals surface area contributed by atoms with E-state index in [1.54, 1.807) is 13.8 Å². The number of aryl methyl sites for hydroxylation is 2. The molecule has 1 aromatic rings. The predicted octanol–water partition coefficient (Wildman–Crippen LogP) is 0.968. The highest BCUT2D eigenvalue weighted by Gasteiger charge is 2.17. The van der Waals surface area contributed by atoms with E-state index in [0.717, 1.165) is 6.42 Å². The van der Waals surface area contributed by atoms with Gasteiger partial charge in [0.25, 0.3) is 5.56 Å². The van der Waals surface area contributed by atoms with E-state index in [1.165, 1.54) is 4.68 Å². The fraction of sp³-hybridized carbons (Fsp3) is 0.500. The van der Waals surface area contributed by atoms with Crippen molar-refractivity contribution in [2.75, 3.05) is 0 Å². The quantitative estimate of drug-likeness (QED) is 0.806. The number of carboxylic acids is 1. The third-order valence-corrected chi connectivity index (χ3v) is 2.29. The Bertz CT molecular complexity index is 449. The molecule has 0 aliphatic carbocycles. The molecule has 0 saturated carbocycles. The molecule has 1 N–H and O–H groups in total. The number of aromatic nitrogens is 2. The second-order valence-corrected chi connectivity index (χ2v) is 3.42. The predicted molar refractivity (Wildman–Crippen MR) is 55.2 cm³/mol. The van der Waals surface area contributed by atoms with Crippen molar-refractivity contribution in [3.05, 3.63) is 27.2 Å². The summed E-state index contributed by atoms with van der Waals surface area (Å²) in [7, 11) is 0. The summed E-state index contributed by atoms with van der Waals surface area (Å²) < 4.78 is 1.21. The van der Waals surface area contributed by atoms with Gasteiger partial charge in [0.05, 0.1) is 5.69 Å². The highest BCUT2D eigenvalue weighted by molar-refractivity contribution is 5.88. The van der Waals surface area contributed by atoms with Gasteiger partial charge in [0.2, 0.25) is 0 Å². The minimum absolute atomic E-state index is 0.170. The number of hydrogen-bond donors (Lipinski definition) is 1. The molecule has 0 spiro atoms. The summed E-state index contributed by atoms with van der Waals surface area (Å²) in [5.74, 6) is -1.19. The van der Waals surface area contributed by atoms with Crippen LogP contribution in [0.2, 0.25) is 0 Å². The third kappa shape index (κ3) is 2.06. The zero-order valence-electron chi connectivity index (χ0n) is 9.07. The van der Waals surface area contributed by atoms with Gasteiger partial charge in [-0.3, -0.25) is 4.79 Å². The summed E-state index contributed by atoms with van der Waals surface area (Å²) in [6.07, 6.45) is 0.745. The number of carbonyl (C=O) groups is 1. The highest BCUT2D eigenvalue weighted by atomic mass is 16.4. The van der Waals surface area contributed by atoms with Crippen molar-refractivity contribution in [1.29, 1.82) is 0 Å². The van der Waals surface area contributed by atoms with Crippen molar-refractivity contribution in [3.8, 4) is 0 Å². The van der Waals surface area contributed by atoms with E-state index in [0.29, 0.717) is 17.8 Å². The minimum atomic E-state index is -1.19. The van der Waals surface area contributed by atoms with E-state index in [4.69, 9.17) is 5.11 Å². The number of nitrogens with zero attached hydrogens (tertiary/aromatic N) is 2. The third-order valence-electron chi connectivity index (χ3n) is 2.29. The topological polar surface area (TPSA) is 72.2 Å². The molecule has 0 atom stereocenters. The first-order valence-corrected chi connectivity index (χ1v) is 4.80. The summed E-state index contributed by atoms with van der Waals surface area (Å²) in [4.78, 5) is 22.6. The molecule has 0 radical (unpaired) electrons. The highest BCUT2D eigenvalue weighted by Crippen LogP contribution is 2.06. The molecule has 0 unspecified atom stereocenters. The Hall–Kier alpha value is -1.65. The summed E-state index contributed by atoms with van der Waals surface area (Å²) in [6.45, 7) is 5.65. The van der Waals surface area contributed by atoms with Gasteiger partial charge in [-0.05, 0) is 25.8 Å². The van der Waals surface area contributed by atoms with E-state index in [2.05, 4.69) is 5.10 Å². The summed E-state index contributed by atoms with van der Waals surface area (Å²) >= 11 is 0.